The number of rotatable bonds is 2. The van der Waals surface area contributed by atoms with Crippen molar-refractivity contribution in [3.05, 3.63) is 18.2 Å². The lowest BCUT2D eigenvalue weighted by molar-refractivity contribution is 0.344. The van der Waals surface area contributed by atoms with Gasteiger partial charge in [-0.15, -0.1) is 11.1 Å². The van der Waals surface area contributed by atoms with Gasteiger partial charge in [0.05, 0.1) is 0 Å². The van der Waals surface area contributed by atoms with E-state index in [1.165, 1.54) is 0 Å². The molecule has 0 saturated heterocycles. The molecule has 1 aromatic heterocycles. The number of nitrogens with zero attached hydrogens (tertiary/aromatic N) is 2. The van der Waals surface area contributed by atoms with E-state index < -0.39 is 7.63 Å². The van der Waals surface area contributed by atoms with Crippen LogP contribution in [0.1, 0.15) is 12.7 Å². The van der Waals surface area contributed by atoms with E-state index in [0.717, 1.165) is 12.4 Å². The topological polar surface area (TPSA) is 27.1 Å². The Bertz CT molecular complexity index is 241. The molecule has 1 rings (SSSR count). The molecule has 1 heterocycles. The number of hydrogen-bond acceptors (Lipinski definition) is 2. The fourth-order valence-corrected chi connectivity index (χ4v) is 1.80. The molecule has 1 aromatic rings. The van der Waals surface area contributed by atoms with Crippen molar-refractivity contribution in [3.8, 4) is 0 Å². The minimum atomic E-state index is -1.68. The molecule has 0 aliphatic carbocycles. The Kier molecular flexibility index (Phi) is 6.07. The fraction of sp³-hybridized carbons (Fsp3) is 0.667. The second kappa shape index (κ2) is 6.21. The zero-order chi connectivity index (χ0) is 11.2. The summed E-state index contributed by atoms with van der Waals surface area (Å²) in [6, 6.07) is 0. The van der Waals surface area contributed by atoms with E-state index >= 15 is 0 Å². The summed E-state index contributed by atoms with van der Waals surface area (Å²) in [7, 11) is 0.290. The van der Waals surface area contributed by atoms with E-state index in [9.17, 15) is 0 Å². The smallest absolute Gasteiger partial charge is 0.283 e. The van der Waals surface area contributed by atoms with Crippen molar-refractivity contribution in [1.29, 1.82) is 0 Å². The number of hydrogen-bond donors (Lipinski definition) is 0. The first-order chi connectivity index (χ1) is 6.37. The molecule has 0 spiro atoms. The lowest BCUT2D eigenvalue weighted by Crippen LogP contribution is -2.21. The van der Waals surface area contributed by atoms with Crippen LogP contribution in [0.5, 0.6) is 0 Å². The van der Waals surface area contributed by atoms with Gasteiger partial charge in [0.15, 0.2) is 0 Å². The van der Waals surface area contributed by atoms with Crippen molar-refractivity contribution in [2.75, 3.05) is 6.61 Å². The molecule has 0 atom stereocenters. The molecule has 0 saturated carbocycles. The van der Waals surface area contributed by atoms with Crippen molar-refractivity contribution >= 4 is 18.7 Å². The van der Waals surface area contributed by atoms with Crippen LogP contribution in [-0.2, 0) is 11.5 Å². The summed E-state index contributed by atoms with van der Waals surface area (Å²) < 4.78 is 7.11. The van der Waals surface area contributed by atoms with Gasteiger partial charge in [0.2, 0.25) is 0 Å². The van der Waals surface area contributed by atoms with Crippen molar-refractivity contribution in [3.63, 3.8) is 0 Å². The summed E-state index contributed by atoms with van der Waals surface area (Å²) in [6.07, 6.45) is 3.71. The Hall–Kier alpha value is -0.323. The Balaban J connectivity index is 0.000000241. The van der Waals surface area contributed by atoms with Crippen molar-refractivity contribution in [2.24, 2.45) is 7.05 Å². The van der Waals surface area contributed by atoms with Gasteiger partial charge in [-0.2, -0.15) is 0 Å². The van der Waals surface area contributed by atoms with Gasteiger partial charge in [-0.1, -0.05) is 0 Å². The van der Waals surface area contributed by atoms with Gasteiger partial charge < -0.3 is 8.99 Å². The van der Waals surface area contributed by atoms with Crippen LogP contribution >= 0.6 is 11.1 Å². The second-order valence-electron chi connectivity index (χ2n) is 3.38. The van der Waals surface area contributed by atoms with Gasteiger partial charge in [0, 0.05) is 26.0 Å². The number of halogens is 1. The van der Waals surface area contributed by atoms with Gasteiger partial charge in [-0.3, -0.25) is 0 Å². The SMILES string of the molecule is CCO[Si](C)(C)Cl.Cc1nccn1C. The molecule has 0 aromatic carbocycles. The van der Waals surface area contributed by atoms with Gasteiger partial charge in [0.1, 0.15) is 5.82 Å². The standard InChI is InChI=1S/C5H8N2.C4H11ClOSi/c1-5-6-3-4-7(5)2;1-4-6-7(2,3)5/h3-4H,1-2H3;4H2,1-3H3. The Labute approximate surface area is 91.9 Å². The molecule has 0 amide bonds. The molecule has 0 fully saturated rings. The summed E-state index contributed by atoms with van der Waals surface area (Å²) in [5.41, 5.74) is 0. The van der Waals surface area contributed by atoms with E-state index in [2.05, 4.69) is 4.98 Å². The third-order valence-electron chi connectivity index (χ3n) is 1.55. The van der Waals surface area contributed by atoms with Crippen LogP contribution in [0, 0.1) is 6.92 Å². The van der Waals surface area contributed by atoms with E-state index in [-0.39, 0.29) is 0 Å². The summed E-state index contributed by atoms with van der Waals surface area (Å²) in [4.78, 5) is 3.98. The maximum absolute atomic E-state index is 5.75. The predicted molar refractivity (Wildman–Crippen MR) is 62.9 cm³/mol. The van der Waals surface area contributed by atoms with E-state index in [1.807, 2.05) is 44.8 Å². The van der Waals surface area contributed by atoms with E-state index in [4.69, 9.17) is 15.5 Å². The van der Waals surface area contributed by atoms with Crippen LogP contribution in [0.4, 0.5) is 0 Å². The molecular formula is C9H19ClN2OSi. The monoisotopic (exact) mass is 234 g/mol. The largest absolute Gasteiger partial charge is 0.404 e. The highest BCUT2D eigenvalue weighted by molar-refractivity contribution is 7.15. The third-order valence-corrected chi connectivity index (χ3v) is 2.85. The average Bonchev–Trinajstić information content (AvgIpc) is 2.35. The second-order valence-corrected chi connectivity index (χ2v) is 9.13. The summed E-state index contributed by atoms with van der Waals surface area (Å²) in [5, 5.41) is 0. The first-order valence-electron chi connectivity index (χ1n) is 4.63. The van der Waals surface area contributed by atoms with Crippen LogP contribution in [0.3, 0.4) is 0 Å². The molecule has 0 N–H and O–H groups in total. The first-order valence-corrected chi connectivity index (χ1v) is 8.55. The van der Waals surface area contributed by atoms with Crippen LogP contribution in [0.2, 0.25) is 13.1 Å². The van der Waals surface area contributed by atoms with Crippen LogP contribution in [-0.4, -0.2) is 23.8 Å². The number of imidazole rings is 1. The van der Waals surface area contributed by atoms with Crippen LogP contribution in [0.25, 0.3) is 0 Å². The average molecular weight is 235 g/mol. The highest BCUT2D eigenvalue weighted by atomic mass is 35.6. The lowest BCUT2D eigenvalue weighted by Gasteiger charge is -2.10. The first kappa shape index (κ1) is 13.7. The van der Waals surface area contributed by atoms with Crippen molar-refractivity contribution in [1.82, 2.24) is 9.55 Å². The minimum Gasteiger partial charge on any atom is -0.404 e. The van der Waals surface area contributed by atoms with Crippen LogP contribution in [0.15, 0.2) is 12.4 Å². The molecular weight excluding hydrogens is 216 g/mol. The number of aryl methyl sites for hydroxylation is 2. The maximum Gasteiger partial charge on any atom is 0.283 e. The predicted octanol–water partition coefficient (Wildman–Crippen LogP) is 2.69. The Morgan fingerprint density at radius 1 is 1.57 bits per heavy atom. The summed E-state index contributed by atoms with van der Waals surface area (Å²) in [6.45, 7) is 8.58. The van der Waals surface area contributed by atoms with E-state index in [0.29, 0.717) is 0 Å². The highest BCUT2D eigenvalue weighted by Gasteiger charge is 2.15. The highest BCUT2D eigenvalue weighted by Crippen LogP contribution is 2.07. The van der Waals surface area contributed by atoms with Gasteiger partial charge >= 0.3 is 0 Å². The van der Waals surface area contributed by atoms with Crippen molar-refractivity contribution < 1.29 is 4.43 Å². The van der Waals surface area contributed by atoms with Gasteiger partial charge in [-0.25, -0.2) is 4.98 Å². The molecule has 0 radical (unpaired) electrons. The zero-order valence-electron chi connectivity index (χ0n) is 9.54. The quantitative estimate of drug-likeness (QED) is 0.581. The molecule has 0 unspecified atom stereocenters. The lowest BCUT2D eigenvalue weighted by atomic mass is 10.7. The zero-order valence-corrected chi connectivity index (χ0v) is 11.3. The number of aromatic nitrogens is 2. The van der Waals surface area contributed by atoms with Crippen molar-refractivity contribution in [2.45, 2.75) is 26.9 Å². The summed E-state index contributed by atoms with van der Waals surface area (Å²) >= 11 is 5.75. The molecule has 14 heavy (non-hydrogen) atoms. The minimum absolute atomic E-state index is 0.739. The molecule has 0 aliphatic rings. The Morgan fingerprint density at radius 3 is 2.21 bits per heavy atom. The Morgan fingerprint density at radius 2 is 2.14 bits per heavy atom. The fourth-order valence-electron chi connectivity index (χ4n) is 0.783. The summed E-state index contributed by atoms with van der Waals surface area (Å²) in [5.74, 6) is 1.06. The molecule has 82 valence electrons. The third kappa shape index (κ3) is 7.12. The van der Waals surface area contributed by atoms with Gasteiger partial charge in [-0.05, 0) is 26.9 Å². The molecule has 5 heteroatoms. The normalized spacial score (nSPS) is 10.7. The maximum atomic E-state index is 5.75. The van der Waals surface area contributed by atoms with E-state index in [1.54, 1.807) is 6.20 Å². The van der Waals surface area contributed by atoms with Crippen LogP contribution < -0.4 is 0 Å². The molecule has 0 bridgehead atoms. The molecule has 0 aliphatic heterocycles. The molecule has 3 nitrogen and oxygen atoms in total. The van der Waals surface area contributed by atoms with Gasteiger partial charge in [0.25, 0.3) is 7.63 Å².